The summed E-state index contributed by atoms with van der Waals surface area (Å²) in [4.78, 5) is 9.73. The van der Waals surface area contributed by atoms with Crippen LogP contribution in [0.3, 0.4) is 0 Å². The number of fused-ring (bicyclic) bond motifs is 2. The molecule has 2 saturated carbocycles. The van der Waals surface area contributed by atoms with Gasteiger partial charge in [0.15, 0.2) is 5.96 Å². The smallest absolute Gasteiger partial charge is 0.194 e. The van der Waals surface area contributed by atoms with E-state index in [0.717, 1.165) is 49.2 Å². The fourth-order valence-corrected chi connectivity index (χ4v) is 5.50. The van der Waals surface area contributed by atoms with Crippen molar-refractivity contribution in [2.75, 3.05) is 33.2 Å². The quantitative estimate of drug-likeness (QED) is 0.406. The fraction of sp³-hybridized carbons (Fsp3) is 0.800. The molecule has 3 atom stereocenters. The standard InChI is InChI=1S/C20H34N6.HI/c1-14-18(15(2)24(4)23-14)13-22-20(21-3)26-9-7-25(8-10-26)19-12-16-5-6-17(19)11-16;/h16-17,19H,5-13H2,1-4H3,(H,21,22);1H. The maximum absolute atomic E-state index is 4.54. The first-order valence-electron chi connectivity index (χ1n) is 10.3. The molecule has 27 heavy (non-hydrogen) atoms. The highest BCUT2D eigenvalue weighted by Crippen LogP contribution is 2.46. The molecule has 7 heteroatoms. The van der Waals surface area contributed by atoms with Crippen LogP contribution in [0.1, 0.15) is 42.6 Å². The molecular weight excluding hydrogens is 451 g/mol. The van der Waals surface area contributed by atoms with Crippen molar-refractivity contribution in [2.45, 2.75) is 52.1 Å². The van der Waals surface area contributed by atoms with Gasteiger partial charge in [-0.1, -0.05) is 6.42 Å². The lowest BCUT2D eigenvalue weighted by Crippen LogP contribution is -2.55. The number of aliphatic imine (C=N–C) groups is 1. The minimum atomic E-state index is 0. The van der Waals surface area contributed by atoms with Gasteiger partial charge >= 0.3 is 0 Å². The molecule has 1 saturated heterocycles. The van der Waals surface area contributed by atoms with E-state index in [-0.39, 0.29) is 24.0 Å². The van der Waals surface area contributed by atoms with Crippen LogP contribution in [0.4, 0.5) is 0 Å². The lowest BCUT2D eigenvalue weighted by atomic mass is 9.93. The number of halogens is 1. The van der Waals surface area contributed by atoms with Gasteiger partial charge in [0.05, 0.1) is 5.69 Å². The van der Waals surface area contributed by atoms with Gasteiger partial charge in [-0.05, 0) is 44.9 Å². The molecule has 2 aliphatic carbocycles. The van der Waals surface area contributed by atoms with Crippen molar-refractivity contribution in [2.24, 2.45) is 23.9 Å². The van der Waals surface area contributed by atoms with Gasteiger partial charge < -0.3 is 10.2 Å². The van der Waals surface area contributed by atoms with Crippen molar-refractivity contribution in [1.29, 1.82) is 0 Å². The van der Waals surface area contributed by atoms with Crippen LogP contribution in [0.2, 0.25) is 0 Å². The number of aryl methyl sites for hydroxylation is 2. The average Bonchev–Trinajstić information content (AvgIpc) is 3.33. The first-order chi connectivity index (χ1) is 12.6. The first kappa shape index (κ1) is 20.9. The normalized spacial score (nSPS) is 28.5. The van der Waals surface area contributed by atoms with Gasteiger partial charge in [-0.3, -0.25) is 14.6 Å². The Bertz CT molecular complexity index is 676. The largest absolute Gasteiger partial charge is 0.352 e. The summed E-state index contributed by atoms with van der Waals surface area (Å²) in [5, 5.41) is 8.08. The van der Waals surface area contributed by atoms with Crippen LogP contribution in [-0.4, -0.2) is 64.8 Å². The Kier molecular flexibility index (Phi) is 6.71. The minimum Gasteiger partial charge on any atom is -0.352 e. The van der Waals surface area contributed by atoms with Crippen molar-refractivity contribution in [1.82, 2.24) is 24.9 Å². The molecule has 2 heterocycles. The Hall–Kier alpha value is -0.830. The third-order valence-electron chi connectivity index (χ3n) is 7.08. The third-order valence-corrected chi connectivity index (χ3v) is 7.08. The highest BCUT2D eigenvalue weighted by Gasteiger charge is 2.42. The summed E-state index contributed by atoms with van der Waals surface area (Å²) < 4.78 is 1.96. The SMILES string of the molecule is CN=C(NCc1c(C)nn(C)c1C)N1CCN(C2CC3CCC2C3)CC1.I. The summed E-state index contributed by atoms with van der Waals surface area (Å²) >= 11 is 0. The third kappa shape index (κ3) is 4.13. The van der Waals surface area contributed by atoms with E-state index in [9.17, 15) is 0 Å². The molecule has 0 amide bonds. The topological polar surface area (TPSA) is 48.7 Å². The van der Waals surface area contributed by atoms with Crippen molar-refractivity contribution >= 4 is 29.9 Å². The van der Waals surface area contributed by atoms with Gasteiger partial charge in [0.25, 0.3) is 0 Å². The van der Waals surface area contributed by atoms with E-state index in [1.165, 1.54) is 50.0 Å². The molecule has 0 radical (unpaired) electrons. The number of rotatable bonds is 3. The first-order valence-corrected chi connectivity index (χ1v) is 10.3. The number of piperazine rings is 1. The van der Waals surface area contributed by atoms with Crippen molar-refractivity contribution < 1.29 is 0 Å². The summed E-state index contributed by atoms with van der Waals surface area (Å²) in [5.41, 5.74) is 3.62. The summed E-state index contributed by atoms with van der Waals surface area (Å²) in [7, 11) is 3.91. The Morgan fingerprint density at radius 1 is 1.15 bits per heavy atom. The molecule has 1 aromatic heterocycles. The van der Waals surface area contributed by atoms with Crippen LogP contribution >= 0.6 is 24.0 Å². The van der Waals surface area contributed by atoms with Crippen LogP contribution in [0.25, 0.3) is 0 Å². The van der Waals surface area contributed by atoms with E-state index in [1.54, 1.807) is 0 Å². The maximum atomic E-state index is 4.54. The monoisotopic (exact) mass is 486 g/mol. The van der Waals surface area contributed by atoms with Crippen molar-refractivity contribution in [3.05, 3.63) is 17.0 Å². The fourth-order valence-electron chi connectivity index (χ4n) is 5.50. The van der Waals surface area contributed by atoms with Crippen LogP contribution in [-0.2, 0) is 13.6 Å². The van der Waals surface area contributed by atoms with Crippen molar-refractivity contribution in [3.63, 3.8) is 0 Å². The van der Waals surface area contributed by atoms with Crippen molar-refractivity contribution in [3.8, 4) is 0 Å². The second kappa shape index (κ2) is 8.68. The summed E-state index contributed by atoms with van der Waals surface area (Å²) in [6.07, 6.45) is 5.92. The number of nitrogens with zero attached hydrogens (tertiary/aromatic N) is 5. The zero-order valence-corrected chi connectivity index (χ0v) is 19.6. The van der Waals surface area contributed by atoms with E-state index >= 15 is 0 Å². The van der Waals surface area contributed by atoms with Gasteiger partial charge in [0, 0.05) is 64.1 Å². The lowest BCUT2D eigenvalue weighted by molar-refractivity contribution is 0.0958. The van der Waals surface area contributed by atoms with Gasteiger partial charge in [0.1, 0.15) is 0 Å². The Balaban J connectivity index is 0.00000210. The van der Waals surface area contributed by atoms with Gasteiger partial charge in [-0.15, -0.1) is 24.0 Å². The number of hydrogen-bond acceptors (Lipinski definition) is 3. The van der Waals surface area contributed by atoms with E-state index in [0.29, 0.717) is 0 Å². The van der Waals surface area contributed by atoms with Crippen LogP contribution in [0, 0.1) is 25.7 Å². The zero-order chi connectivity index (χ0) is 18.3. The lowest BCUT2D eigenvalue weighted by Gasteiger charge is -2.42. The molecule has 3 fully saturated rings. The molecule has 1 aromatic rings. The van der Waals surface area contributed by atoms with E-state index in [2.05, 4.69) is 39.1 Å². The number of nitrogens with one attached hydrogen (secondary N) is 1. The molecule has 2 bridgehead atoms. The molecule has 3 unspecified atom stereocenters. The average molecular weight is 486 g/mol. The Morgan fingerprint density at radius 3 is 2.41 bits per heavy atom. The molecule has 0 aromatic carbocycles. The minimum absolute atomic E-state index is 0. The predicted molar refractivity (Wildman–Crippen MR) is 121 cm³/mol. The molecule has 1 N–H and O–H groups in total. The molecule has 152 valence electrons. The summed E-state index contributed by atoms with van der Waals surface area (Å²) in [6.45, 7) is 9.54. The van der Waals surface area contributed by atoms with Crippen LogP contribution in [0.15, 0.2) is 4.99 Å². The molecule has 1 aliphatic heterocycles. The van der Waals surface area contributed by atoms with E-state index in [1.807, 2.05) is 18.8 Å². The number of guanidine groups is 1. The highest BCUT2D eigenvalue weighted by molar-refractivity contribution is 14.0. The van der Waals surface area contributed by atoms with Gasteiger partial charge in [0.2, 0.25) is 0 Å². The molecule has 0 spiro atoms. The Labute approximate surface area is 180 Å². The zero-order valence-electron chi connectivity index (χ0n) is 17.2. The highest BCUT2D eigenvalue weighted by atomic mass is 127. The second-order valence-corrected chi connectivity index (χ2v) is 8.44. The maximum Gasteiger partial charge on any atom is 0.194 e. The Morgan fingerprint density at radius 2 is 1.89 bits per heavy atom. The van der Waals surface area contributed by atoms with Gasteiger partial charge in [-0.25, -0.2) is 0 Å². The predicted octanol–water partition coefficient (Wildman–Crippen LogP) is 2.54. The van der Waals surface area contributed by atoms with E-state index in [4.69, 9.17) is 0 Å². The summed E-state index contributed by atoms with van der Waals surface area (Å²) in [6, 6.07) is 0.867. The van der Waals surface area contributed by atoms with Crippen LogP contribution in [0.5, 0.6) is 0 Å². The molecule has 4 rings (SSSR count). The summed E-state index contributed by atoms with van der Waals surface area (Å²) in [5.74, 6) is 3.05. The number of aromatic nitrogens is 2. The van der Waals surface area contributed by atoms with E-state index < -0.39 is 0 Å². The number of hydrogen-bond donors (Lipinski definition) is 1. The molecule has 6 nitrogen and oxygen atoms in total. The molecule has 3 aliphatic rings. The van der Waals surface area contributed by atoms with Gasteiger partial charge in [-0.2, -0.15) is 5.10 Å². The van der Waals surface area contributed by atoms with Crippen LogP contribution < -0.4 is 5.32 Å². The molecular formula is C20H35IN6. The second-order valence-electron chi connectivity index (χ2n) is 8.44.